The summed E-state index contributed by atoms with van der Waals surface area (Å²) in [5, 5.41) is 10.8. The van der Waals surface area contributed by atoms with Crippen molar-refractivity contribution >= 4 is 27.5 Å². The summed E-state index contributed by atoms with van der Waals surface area (Å²) in [6.45, 7) is 8.07. The summed E-state index contributed by atoms with van der Waals surface area (Å²) >= 11 is 1.16. The molecule has 0 bridgehead atoms. The number of rotatable bonds is 8. The SMILES string of the molecule is Cc1ccc(C(C)C)c(OCc2nnc(S[C@@H](C)C(=O)N[C@@H]3CCS(=O)(=O)C3)n2N)c1. The van der Waals surface area contributed by atoms with Gasteiger partial charge in [0.25, 0.3) is 0 Å². The topological polar surface area (TPSA) is 129 Å². The number of nitrogens with one attached hydrogen (secondary N) is 1. The van der Waals surface area contributed by atoms with Crippen molar-refractivity contribution in [1.82, 2.24) is 20.2 Å². The summed E-state index contributed by atoms with van der Waals surface area (Å²) in [6.07, 6.45) is 0.442. The largest absolute Gasteiger partial charge is 0.485 e. The fraction of sp³-hybridized carbons (Fsp3) is 0.550. The van der Waals surface area contributed by atoms with Crippen LogP contribution in [0.2, 0.25) is 0 Å². The molecular formula is C20H29N5O4S2. The lowest BCUT2D eigenvalue weighted by Crippen LogP contribution is -2.40. The molecule has 1 aliphatic heterocycles. The lowest BCUT2D eigenvalue weighted by Gasteiger charge is -2.15. The molecule has 0 unspecified atom stereocenters. The number of nitrogens with zero attached hydrogens (tertiary/aromatic N) is 3. The predicted molar refractivity (Wildman–Crippen MR) is 120 cm³/mol. The Kier molecular flexibility index (Phi) is 7.15. The Labute approximate surface area is 187 Å². The van der Waals surface area contributed by atoms with Crippen LogP contribution in [0.3, 0.4) is 0 Å². The third-order valence-corrected chi connectivity index (χ3v) is 7.94. The van der Waals surface area contributed by atoms with E-state index < -0.39 is 15.1 Å². The molecule has 2 atom stereocenters. The minimum atomic E-state index is -3.05. The highest BCUT2D eigenvalue weighted by Gasteiger charge is 2.30. The van der Waals surface area contributed by atoms with E-state index in [1.807, 2.05) is 13.0 Å². The number of hydrogen-bond donors (Lipinski definition) is 2. The molecule has 1 amide bonds. The molecule has 3 rings (SSSR count). The van der Waals surface area contributed by atoms with Gasteiger partial charge in [-0.2, -0.15) is 0 Å². The normalized spacial score (nSPS) is 18.8. The first-order valence-electron chi connectivity index (χ1n) is 10.2. The van der Waals surface area contributed by atoms with E-state index >= 15 is 0 Å². The van der Waals surface area contributed by atoms with E-state index in [0.29, 0.717) is 23.3 Å². The van der Waals surface area contributed by atoms with E-state index in [9.17, 15) is 13.2 Å². The number of nitrogen functional groups attached to an aromatic ring is 1. The van der Waals surface area contributed by atoms with Gasteiger partial charge in [0.05, 0.1) is 16.8 Å². The van der Waals surface area contributed by atoms with Crippen LogP contribution in [0.1, 0.15) is 50.1 Å². The Balaban J connectivity index is 1.60. The quantitative estimate of drug-likeness (QED) is 0.444. The Bertz CT molecular complexity index is 1050. The molecule has 0 saturated carbocycles. The smallest absolute Gasteiger partial charge is 0.233 e. The minimum absolute atomic E-state index is 0.0119. The molecule has 1 aliphatic rings. The molecule has 1 fully saturated rings. The van der Waals surface area contributed by atoms with Gasteiger partial charge >= 0.3 is 0 Å². The highest BCUT2D eigenvalue weighted by atomic mass is 32.2. The summed E-state index contributed by atoms with van der Waals surface area (Å²) in [5.41, 5.74) is 2.20. The molecule has 0 aliphatic carbocycles. The number of aryl methyl sites for hydroxylation is 1. The number of ether oxygens (including phenoxy) is 1. The molecule has 1 aromatic carbocycles. The number of benzene rings is 1. The van der Waals surface area contributed by atoms with Gasteiger partial charge in [-0.3, -0.25) is 4.79 Å². The van der Waals surface area contributed by atoms with Crippen LogP contribution in [0.25, 0.3) is 0 Å². The molecule has 11 heteroatoms. The summed E-state index contributed by atoms with van der Waals surface area (Å²) in [7, 11) is -3.05. The zero-order chi connectivity index (χ0) is 22.8. The zero-order valence-electron chi connectivity index (χ0n) is 18.2. The molecule has 31 heavy (non-hydrogen) atoms. The number of nitrogens with two attached hydrogens (primary N) is 1. The van der Waals surface area contributed by atoms with Crippen LogP contribution in [0.5, 0.6) is 5.75 Å². The number of sulfone groups is 1. The second-order valence-electron chi connectivity index (χ2n) is 8.12. The van der Waals surface area contributed by atoms with Crippen LogP contribution in [0.4, 0.5) is 0 Å². The van der Waals surface area contributed by atoms with Crippen molar-refractivity contribution in [2.24, 2.45) is 0 Å². The van der Waals surface area contributed by atoms with E-state index in [1.54, 1.807) is 6.92 Å². The Morgan fingerprint density at radius 2 is 2.10 bits per heavy atom. The number of amides is 1. The first-order valence-corrected chi connectivity index (χ1v) is 12.9. The van der Waals surface area contributed by atoms with Gasteiger partial charge in [-0.05, 0) is 43.4 Å². The summed E-state index contributed by atoms with van der Waals surface area (Å²) in [5.74, 6) is 7.50. The first-order chi connectivity index (χ1) is 14.6. The summed E-state index contributed by atoms with van der Waals surface area (Å²) in [6, 6.07) is 5.75. The van der Waals surface area contributed by atoms with E-state index in [2.05, 4.69) is 41.5 Å². The Morgan fingerprint density at radius 3 is 2.74 bits per heavy atom. The number of aromatic nitrogens is 3. The van der Waals surface area contributed by atoms with Crippen molar-refractivity contribution in [2.45, 2.75) is 63.1 Å². The fourth-order valence-electron chi connectivity index (χ4n) is 3.31. The van der Waals surface area contributed by atoms with Gasteiger partial charge < -0.3 is 15.9 Å². The molecule has 0 radical (unpaired) electrons. The van der Waals surface area contributed by atoms with Crippen LogP contribution in [0, 0.1) is 6.92 Å². The molecule has 2 heterocycles. The van der Waals surface area contributed by atoms with E-state index in [-0.39, 0.29) is 30.1 Å². The van der Waals surface area contributed by atoms with Crippen LogP contribution < -0.4 is 15.9 Å². The second-order valence-corrected chi connectivity index (χ2v) is 11.7. The summed E-state index contributed by atoms with van der Waals surface area (Å²) in [4.78, 5) is 12.4. The summed E-state index contributed by atoms with van der Waals surface area (Å²) < 4.78 is 30.4. The molecular weight excluding hydrogens is 438 g/mol. The molecule has 170 valence electrons. The van der Waals surface area contributed by atoms with Gasteiger partial charge in [-0.15, -0.1) is 10.2 Å². The predicted octanol–water partition coefficient (Wildman–Crippen LogP) is 1.79. The van der Waals surface area contributed by atoms with Gasteiger partial charge in [-0.1, -0.05) is 37.7 Å². The molecule has 1 aromatic heterocycles. The Morgan fingerprint density at radius 1 is 1.35 bits per heavy atom. The van der Waals surface area contributed by atoms with Crippen molar-refractivity contribution in [1.29, 1.82) is 0 Å². The second kappa shape index (κ2) is 9.47. The molecule has 3 N–H and O–H groups in total. The standard InChI is InChI=1S/C20H29N5O4S2/c1-12(2)16-6-5-13(3)9-17(16)29-10-18-23-24-20(25(18)21)30-14(4)19(26)22-15-7-8-31(27,28)11-15/h5-6,9,12,14-15H,7-8,10-11,21H2,1-4H3,(H,22,26)/t14-,15+/m0/s1. The van der Waals surface area contributed by atoms with Gasteiger partial charge in [0.15, 0.2) is 15.7 Å². The average Bonchev–Trinajstić information content (AvgIpc) is 3.21. The fourth-order valence-corrected chi connectivity index (χ4v) is 5.78. The van der Waals surface area contributed by atoms with Gasteiger partial charge in [0, 0.05) is 6.04 Å². The minimum Gasteiger partial charge on any atom is -0.485 e. The highest BCUT2D eigenvalue weighted by Crippen LogP contribution is 2.28. The average molecular weight is 468 g/mol. The van der Waals surface area contributed by atoms with Crippen molar-refractivity contribution in [3.8, 4) is 5.75 Å². The van der Waals surface area contributed by atoms with E-state index in [4.69, 9.17) is 10.6 Å². The number of hydrogen-bond acceptors (Lipinski definition) is 8. The maximum Gasteiger partial charge on any atom is 0.233 e. The van der Waals surface area contributed by atoms with Gasteiger partial charge in [0.2, 0.25) is 11.1 Å². The monoisotopic (exact) mass is 467 g/mol. The van der Waals surface area contributed by atoms with Crippen LogP contribution in [-0.4, -0.2) is 52.0 Å². The maximum absolute atomic E-state index is 12.4. The van der Waals surface area contributed by atoms with Crippen molar-refractivity contribution in [2.75, 3.05) is 17.3 Å². The third kappa shape index (κ3) is 5.91. The van der Waals surface area contributed by atoms with Gasteiger partial charge in [-0.25, -0.2) is 13.1 Å². The molecule has 9 nitrogen and oxygen atoms in total. The van der Waals surface area contributed by atoms with Crippen LogP contribution in [0.15, 0.2) is 23.4 Å². The first kappa shape index (κ1) is 23.4. The van der Waals surface area contributed by atoms with Crippen molar-refractivity contribution in [3.05, 3.63) is 35.2 Å². The Hall–Kier alpha value is -2.27. The lowest BCUT2D eigenvalue weighted by atomic mass is 10.0. The number of thioether (sulfide) groups is 1. The van der Waals surface area contributed by atoms with E-state index in [1.165, 1.54) is 4.68 Å². The number of carbonyl (C=O) groups excluding carboxylic acids is 1. The molecule has 0 spiro atoms. The number of carbonyl (C=O) groups is 1. The maximum atomic E-state index is 12.4. The van der Waals surface area contributed by atoms with Crippen LogP contribution >= 0.6 is 11.8 Å². The van der Waals surface area contributed by atoms with Crippen molar-refractivity contribution < 1.29 is 17.9 Å². The van der Waals surface area contributed by atoms with Crippen molar-refractivity contribution in [3.63, 3.8) is 0 Å². The van der Waals surface area contributed by atoms with E-state index in [0.717, 1.165) is 28.6 Å². The van der Waals surface area contributed by atoms with Crippen LogP contribution in [-0.2, 0) is 21.2 Å². The molecule has 1 saturated heterocycles. The zero-order valence-corrected chi connectivity index (χ0v) is 19.8. The third-order valence-electron chi connectivity index (χ3n) is 5.11. The van der Waals surface area contributed by atoms with Gasteiger partial charge in [0.1, 0.15) is 12.4 Å². The lowest BCUT2D eigenvalue weighted by molar-refractivity contribution is -0.120. The molecule has 2 aromatic rings. The highest BCUT2D eigenvalue weighted by molar-refractivity contribution is 8.00.